The fourth-order valence-corrected chi connectivity index (χ4v) is 4.28. The molecule has 9 nitrogen and oxygen atoms in total. The van der Waals surface area contributed by atoms with Crippen molar-refractivity contribution in [3.8, 4) is 11.8 Å². The molecule has 4 rings (SSSR count). The van der Waals surface area contributed by atoms with Crippen molar-refractivity contribution in [2.75, 3.05) is 25.1 Å². The van der Waals surface area contributed by atoms with Crippen LogP contribution in [0.25, 0.3) is 0 Å². The molecule has 0 atom stereocenters. The van der Waals surface area contributed by atoms with Crippen LogP contribution >= 0.6 is 0 Å². The van der Waals surface area contributed by atoms with Crippen molar-refractivity contribution in [3.63, 3.8) is 0 Å². The van der Waals surface area contributed by atoms with Crippen molar-refractivity contribution in [1.29, 1.82) is 5.26 Å². The summed E-state index contributed by atoms with van der Waals surface area (Å²) in [5.41, 5.74) is 0.473. The van der Waals surface area contributed by atoms with Crippen LogP contribution < -0.4 is 19.2 Å². The maximum Gasteiger partial charge on any atom is 0.324 e. The summed E-state index contributed by atoms with van der Waals surface area (Å²) in [6.07, 6.45) is 9.74. The zero-order chi connectivity index (χ0) is 22.5. The molecule has 1 aliphatic heterocycles. The molecule has 0 aromatic carbocycles. The predicted octanol–water partition coefficient (Wildman–Crippen LogP) is 2.79. The van der Waals surface area contributed by atoms with Gasteiger partial charge < -0.3 is 18.9 Å². The molecule has 32 heavy (non-hydrogen) atoms. The first-order valence-electron chi connectivity index (χ1n) is 11.5. The molecule has 1 saturated heterocycles. The zero-order valence-electron chi connectivity index (χ0n) is 19.1. The van der Waals surface area contributed by atoms with E-state index in [-0.39, 0.29) is 24.2 Å². The van der Waals surface area contributed by atoms with Crippen molar-refractivity contribution in [3.05, 3.63) is 29.8 Å². The molecule has 9 heteroatoms. The summed E-state index contributed by atoms with van der Waals surface area (Å²) in [6.45, 7) is 5.87. The van der Waals surface area contributed by atoms with E-state index in [2.05, 4.69) is 35.0 Å². The van der Waals surface area contributed by atoms with Gasteiger partial charge >= 0.3 is 6.01 Å². The van der Waals surface area contributed by atoms with E-state index in [0.717, 1.165) is 57.4 Å². The molecule has 3 heterocycles. The van der Waals surface area contributed by atoms with Crippen molar-refractivity contribution >= 4 is 6.01 Å². The normalized spacial score (nSPS) is 22.0. The summed E-state index contributed by atoms with van der Waals surface area (Å²) in [7, 11) is 1.56. The minimum atomic E-state index is 0.106. The topological polar surface area (TPSA) is 97.5 Å². The van der Waals surface area contributed by atoms with E-state index < -0.39 is 0 Å². The van der Waals surface area contributed by atoms with Crippen LogP contribution in [-0.2, 0) is 4.74 Å². The summed E-state index contributed by atoms with van der Waals surface area (Å²) in [5.74, 6) is 1.63. The summed E-state index contributed by atoms with van der Waals surface area (Å²) in [6, 6.07) is 4.58. The third kappa shape index (κ3) is 5.30. The number of anilines is 1. The third-order valence-corrected chi connectivity index (χ3v) is 6.19. The number of ether oxygens (including phenoxy) is 2. The van der Waals surface area contributed by atoms with Gasteiger partial charge in [0.05, 0.1) is 24.4 Å². The largest absolute Gasteiger partial charge is 0.489 e. The minimum absolute atomic E-state index is 0.106. The number of piperidine rings is 1. The van der Waals surface area contributed by atoms with Crippen molar-refractivity contribution in [2.24, 2.45) is 0 Å². The average molecular weight is 443 g/mol. The van der Waals surface area contributed by atoms with E-state index in [1.54, 1.807) is 25.6 Å². The quantitative estimate of drug-likeness (QED) is 0.604. The molecule has 172 valence electrons. The van der Waals surface area contributed by atoms with Gasteiger partial charge in [0.2, 0.25) is 12.4 Å². The number of nitriles is 1. The van der Waals surface area contributed by atoms with Crippen LogP contribution in [0.15, 0.2) is 23.0 Å². The maximum absolute atomic E-state index is 9.37. The highest BCUT2D eigenvalue weighted by atomic mass is 16.6. The van der Waals surface area contributed by atoms with Crippen LogP contribution in [-0.4, -0.2) is 48.7 Å². The first-order chi connectivity index (χ1) is 15.6. The molecule has 1 saturated carbocycles. The van der Waals surface area contributed by atoms with Crippen LogP contribution in [0.3, 0.4) is 0 Å². The number of hydrogen-bond acceptors (Lipinski definition) is 8. The smallest absolute Gasteiger partial charge is 0.324 e. The van der Waals surface area contributed by atoms with E-state index in [0.29, 0.717) is 17.3 Å². The molecular weight excluding hydrogens is 410 g/mol. The van der Waals surface area contributed by atoms with E-state index in [9.17, 15) is 5.26 Å². The number of hydrogen-bond donors (Lipinski definition) is 0. The second-order valence-corrected chi connectivity index (χ2v) is 8.81. The second kappa shape index (κ2) is 10.2. The fourth-order valence-electron chi connectivity index (χ4n) is 4.28. The molecule has 2 fully saturated rings. The Morgan fingerprint density at radius 3 is 2.44 bits per heavy atom. The maximum atomic E-state index is 9.37. The number of aromatic nitrogens is 3. The summed E-state index contributed by atoms with van der Waals surface area (Å²) in [5, 5.41) is 13.4. The highest BCUT2D eigenvalue weighted by Crippen LogP contribution is 2.29. The first-order valence-corrected chi connectivity index (χ1v) is 11.5. The van der Waals surface area contributed by atoms with Gasteiger partial charge in [0.25, 0.3) is 0 Å². The first kappa shape index (κ1) is 22.3. The van der Waals surface area contributed by atoms with E-state index in [1.165, 1.54) is 4.73 Å². The Kier molecular flexibility index (Phi) is 7.10. The molecule has 0 radical (unpaired) electrons. The molecule has 0 spiro atoms. The highest BCUT2D eigenvalue weighted by molar-refractivity contribution is 5.38. The van der Waals surface area contributed by atoms with Gasteiger partial charge in [-0.15, -0.1) is 0 Å². The molecule has 2 aromatic heterocycles. The molecule has 0 unspecified atom stereocenters. The molecule has 0 amide bonds. The number of pyridine rings is 1. The SMILES string of the molecule is CO[n+]1ccc(OC2CCC(OC3CCN(c4nc(C(C)C)no4)CC3)CC2)c(C#N)c1. The van der Waals surface area contributed by atoms with Gasteiger partial charge in [0.1, 0.15) is 18.9 Å². The van der Waals surface area contributed by atoms with Crippen molar-refractivity contribution in [2.45, 2.75) is 76.6 Å². The lowest BCUT2D eigenvalue weighted by atomic mass is 9.94. The van der Waals surface area contributed by atoms with Gasteiger partial charge in [-0.2, -0.15) is 10.2 Å². The molecule has 1 aliphatic carbocycles. The Balaban J connectivity index is 1.21. The van der Waals surface area contributed by atoms with Crippen molar-refractivity contribution < 1.29 is 23.6 Å². The van der Waals surface area contributed by atoms with Gasteiger partial charge in [-0.25, -0.2) is 0 Å². The Morgan fingerprint density at radius 1 is 1.12 bits per heavy atom. The van der Waals surface area contributed by atoms with E-state index >= 15 is 0 Å². The molecule has 2 aromatic rings. The fraction of sp³-hybridized carbons (Fsp3) is 0.652. The monoisotopic (exact) mass is 442 g/mol. The lowest BCUT2D eigenvalue weighted by molar-refractivity contribution is -0.885. The van der Waals surface area contributed by atoms with E-state index in [1.807, 2.05) is 0 Å². The Labute approximate surface area is 188 Å². The van der Waals surface area contributed by atoms with Gasteiger partial charge in [0, 0.05) is 23.7 Å². The van der Waals surface area contributed by atoms with Gasteiger partial charge in [-0.1, -0.05) is 19.0 Å². The molecule has 2 aliphatic rings. The summed E-state index contributed by atoms with van der Waals surface area (Å²) in [4.78, 5) is 11.8. The zero-order valence-corrected chi connectivity index (χ0v) is 19.1. The Hall–Kier alpha value is -2.86. The third-order valence-electron chi connectivity index (χ3n) is 6.19. The Morgan fingerprint density at radius 2 is 1.81 bits per heavy atom. The van der Waals surface area contributed by atoms with Crippen LogP contribution in [0.1, 0.15) is 69.7 Å². The summed E-state index contributed by atoms with van der Waals surface area (Å²) < 4.78 is 19.4. The predicted molar refractivity (Wildman–Crippen MR) is 115 cm³/mol. The standard InChI is InChI=1S/C23H32N5O4/c1-16(2)22-25-23(32-26-22)27-11-8-20(9-12-27)30-18-4-6-19(7-5-18)31-21-10-13-28(29-3)15-17(21)14-24/h10,13,15-16,18-20H,4-9,11-12H2,1-3H3/q+1. The van der Waals surface area contributed by atoms with Gasteiger partial charge in [-0.3, -0.25) is 4.84 Å². The highest BCUT2D eigenvalue weighted by Gasteiger charge is 2.29. The molecular formula is C23H32N5O4+. The minimum Gasteiger partial charge on any atom is -0.489 e. The number of nitrogens with zero attached hydrogens (tertiary/aromatic N) is 5. The molecule has 0 bridgehead atoms. The molecule has 0 N–H and O–H groups in total. The van der Waals surface area contributed by atoms with E-state index in [4.69, 9.17) is 18.8 Å². The van der Waals surface area contributed by atoms with Crippen LogP contribution in [0.2, 0.25) is 0 Å². The van der Waals surface area contributed by atoms with Crippen LogP contribution in [0.4, 0.5) is 6.01 Å². The van der Waals surface area contributed by atoms with Gasteiger partial charge in [0.15, 0.2) is 11.4 Å². The van der Waals surface area contributed by atoms with Crippen LogP contribution in [0, 0.1) is 11.3 Å². The lowest BCUT2D eigenvalue weighted by Gasteiger charge is -2.35. The van der Waals surface area contributed by atoms with Crippen molar-refractivity contribution in [1.82, 2.24) is 10.1 Å². The summed E-state index contributed by atoms with van der Waals surface area (Å²) >= 11 is 0. The van der Waals surface area contributed by atoms with Gasteiger partial charge in [-0.05, 0) is 38.5 Å². The van der Waals surface area contributed by atoms with Crippen LogP contribution in [0.5, 0.6) is 5.75 Å². The number of rotatable bonds is 7. The average Bonchev–Trinajstić information content (AvgIpc) is 3.32. The second-order valence-electron chi connectivity index (χ2n) is 8.81. The lowest BCUT2D eigenvalue weighted by Crippen LogP contribution is -2.40. The Bertz CT molecular complexity index is 925.